The van der Waals surface area contributed by atoms with Crippen LogP contribution in [0.25, 0.3) is 22.3 Å². The van der Waals surface area contributed by atoms with Gasteiger partial charge in [0.2, 0.25) is 0 Å². The lowest BCUT2D eigenvalue weighted by Crippen LogP contribution is -2.17. The predicted octanol–water partition coefficient (Wildman–Crippen LogP) is 5.46. The first kappa shape index (κ1) is 19.1. The molecule has 0 spiro atoms. The first-order valence-electron chi connectivity index (χ1n) is 9.04. The van der Waals surface area contributed by atoms with Crippen molar-refractivity contribution in [2.24, 2.45) is 0 Å². The number of halogens is 1. The molecular weight excluding hydrogens is 434 g/mol. The van der Waals surface area contributed by atoms with Gasteiger partial charge >= 0.3 is 0 Å². The van der Waals surface area contributed by atoms with Crippen molar-refractivity contribution in [3.63, 3.8) is 0 Å². The van der Waals surface area contributed by atoms with Gasteiger partial charge in [0.05, 0.1) is 29.5 Å². The van der Waals surface area contributed by atoms with Gasteiger partial charge in [-0.3, -0.25) is 0 Å². The third-order valence-corrected chi connectivity index (χ3v) is 5.71. The number of ether oxygens (including phenoxy) is 1. The molecule has 2 heterocycles. The highest BCUT2D eigenvalue weighted by atomic mass is 79.9. The number of hydrogen-bond donors (Lipinski definition) is 1. The quantitative estimate of drug-likeness (QED) is 0.377. The van der Waals surface area contributed by atoms with Crippen molar-refractivity contribution in [2.75, 3.05) is 13.7 Å². The predicted molar refractivity (Wildman–Crippen MR) is 119 cm³/mol. The molecule has 142 valence electrons. The van der Waals surface area contributed by atoms with Crippen LogP contribution in [0.3, 0.4) is 0 Å². The van der Waals surface area contributed by atoms with Gasteiger partial charge in [0, 0.05) is 27.9 Å². The van der Waals surface area contributed by atoms with Crippen LogP contribution in [0.1, 0.15) is 11.1 Å². The maximum atomic E-state index is 5.34. The molecule has 0 aliphatic rings. The molecule has 1 N–H and O–H groups in total. The lowest BCUT2D eigenvalue weighted by Gasteiger charge is -2.11. The molecule has 0 saturated heterocycles. The summed E-state index contributed by atoms with van der Waals surface area (Å²) < 4.78 is 6.45. The number of thiazole rings is 1. The minimum atomic E-state index is 0.748. The van der Waals surface area contributed by atoms with Gasteiger partial charge in [-0.1, -0.05) is 28.1 Å². The van der Waals surface area contributed by atoms with Crippen LogP contribution < -0.4 is 10.1 Å². The highest BCUT2D eigenvalue weighted by Crippen LogP contribution is 2.27. The van der Waals surface area contributed by atoms with Crippen LogP contribution >= 0.6 is 27.3 Å². The topological polar surface area (TPSA) is 47.0 Å². The summed E-state index contributed by atoms with van der Waals surface area (Å²) in [6.07, 6.45) is 0.984. The van der Waals surface area contributed by atoms with E-state index in [0.29, 0.717) is 0 Å². The van der Waals surface area contributed by atoms with Crippen LogP contribution in [0.15, 0.2) is 63.9 Å². The molecule has 2 aromatic carbocycles. The van der Waals surface area contributed by atoms with Crippen LogP contribution in [-0.4, -0.2) is 23.6 Å². The molecule has 0 aliphatic heterocycles. The van der Waals surface area contributed by atoms with Crippen molar-refractivity contribution in [3.8, 4) is 17.1 Å². The third-order valence-electron chi connectivity index (χ3n) is 4.60. The second-order valence-corrected chi connectivity index (χ2v) is 8.12. The van der Waals surface area contributed by atoms with Crippen molar-refractivity contribution >= 4 is 38.2 Å². The van der Waals surface area contributed by atoms with Crippen LogP contribution in [0.2, 0.25) is 0 Å². The number of nitrogens with one attached hydrogen (secondary N) is 1. The average molecular weight is 454 g/mol. The Morgan fingerprint density at radius 3 is 2.71 bits per heavy atom. The SMILES string of the molecule is COc1ccc2cc(CNCCc3ccc(Br)cc3)c(-c3cscn3)nc2c1. The summed E-state index contributed by atoms with van der Waals surface area (Å²) in [6, 6.07) is 16.6. The summed E-state index contributed by atoms with van der Waals surface area (Å²) in [5, 5.41) is 6.70. The van der Waals surface area contributed by atoms with E-state index in [9.17, 15) is 0 Å². The molecule has 4 aromatic rings. The molecule has 0 amide bonds. The number of aromatic nitrogens is 2. The van der Waals surface area contributed by atoms with E-state index >= 15 is 0 Å². The van der Waals surface area contributed by atoms with Gasteiger partial charge in [0.25, 0.3) is 0 Å². The molecule has 0 bridgehead atoms. The van der Waals surface area contributed by atoms with Crippen LogP contribution in [-0.2, 0) is 13.0 Å². The highest BCUT2D eigenvalue weighted by Gasteiger charge is 2.11. The number of benzene rings is 2. The summed E-state index contributed by atoms with van der Waals surface area (Å²) in [5.41, 5.74) is 7.08. The highest BCUT2D eigenvalue weighted by molar-refractivity contribution is 9.10. The van der Waals surface area contributed by atoms with E-state index in [1.807, 2.05) is 23.0 Å². The Labute approximate surface area is 176 Å². The molecular formula is C22H20BrN3OS. The van der Waals surface area contributed by atoms with E-state index in [0.717, 1.165) is 57.6 Å². The Bertz CT molecular complexity index is 1070. The van der Waals surface area contributed by atoms with Crippen LogP contribution in [0.5, 0.6) is 5.75 Å². The Morgan fingerprint density at radius 2 is 1.96 bits per heavy atom. The van der Waals surface area contributed by atoms with Crippen LogP contribution in [0, 0.1) is 0 Å². The Balaban J connectivity index is 1.54. The number of nitrogens with zero attached hydrogens (tertiary/aromatic N) is 2. The number of pyridine rings is 1. The second kappa shape index (κ2) is 8.82. The molecule has 4 rings (SSSR count). The zero-order valence-corrected chi connectivity index (χ0v) is 17.9. The summed E-state index contributed by atoms with van der Waals surface area (Å²) in [7, 11) is 1.67. The fourth-order valence-electron chi connectivity index (χ4n) is 3.11. The molecule has 4 nitrogen and oxygen atoms in total. The third kappa shape index (κ3) is 4.41. The van der Waals surface area contributed by atoms with E-state index in [1.54, 1.807) is 18.4 Å². The van der Waals surface area contributed by atoms with Gasteiger partial charge < -0.3 is 10.1 Å². The molecule has 0 radical (unpaired) electrons. The number of fused-ring (bicyclic) bond motifs is 1. The number of hydrogen-bond acceptors (Lipinski definition) is 5. The molecule has 6 heteroatoms. The number of rotatable bonds is 7. The maximum absolute atomic E-state index is 5.34. The summed E-state index contributed by atoms with van der Waals surface area (Å²) in [5.74, 6) is 0.810. The lowest BCUT2D eigenvalue weighted by molar-refractivity contribution is 0.415. The Morgan fingerprint density at radius 1 is 1.11 bits per heavy atom. The van der Waals surface area contributed by atoms with Crippen molar-refractivity contribution in [1.82, 2.24) is 15.3 Å². The Hall–Kier alpha value is -2.28. The van der Waals surface area contributed by atoms with Gasteiger partial charge in [0.1, 0.15) is 5.75 Å². The van der Waals surface area contributed by atoms with Gasteiger partial charge in [-0.25, -0.2) is 9.97 Å². The summed E-state index contributed by atoms with van der Waals surface area (Å²) >= 11 is 5.06. The first-order chi connectivity index (χ1) is 13.7. The van der Waals surface area contributed by atoms with Crippen molar-refractivity contribution in [1.29, 1.82) is 0 Å². The number of methoxy groups -OCH3 is 1. The standard InChI is InChI=1S/C22H20BrN3OS/c1-27-19-7-4-16-10-17(12-24-9-8-15-2-5-18(23)6-3-15)22(26-20(16)11-19)21-13-28-14-25-21/h2-7,10-11,13-14,24H,8-9,12H2,1H3. The van der Waals surface area contributed by atoms with Crippen LogP contribution in [0.4, 0.5) is 0 Å². The van der Waals surface area contributed by atoms with E-state index in [-0.39, 0.29) is 0 Å². The average Bonchev–Trinajstić information content (AvgIpc) is 3.26. The fraction of sp³-hybridized carbons (Fsp3) is 0.182. The van der Waals surface area contributed by atoms with Crippen molar-refractivity contribution in [3.05, 3.63) is 75.0 Å². The van der Waals surface area contributed by atoms with E-state index in [1.165, 1.54) is 5.56 Å². The van der Waals surface area contributed by atoms with Gasteiger partial charge in [-0.15, -0.1) is 11.3 Å². The molecule has 0 unspecified atom stereocenters. The Kier molecular flexibility index (Phi) is 6.00. The summed E-state index contributed by atoms with van der Waals surface area (Å²) in [4.78, 5) is 9.36. The monoisotopic (exact) mass is 453 g/mol. The zero-order valence-electron chi connectivity index (χ0n) is 15.5. The van der Waals surface area contributed by atoms with Crippen molar-refractivity contribution < 1.29 is 4.74 Å². The fourth-order valence-corrected chi connectivity index (χ4v) is 3.91. The van der Waals surface area contributed by atoms with E-state index in [4.69, 9.17) is 9.72 Å². The largest absolute Gasteiger partial charge is 0.497 e. The molecule has 0 saturated carbocycles. The van der Waals surface area contributed by atoms with E-state index < -0.39 is 0 Å². The van der Waals surface area contributed by atoms with E-state index in [2.05, 4.69) is 62.6 Å². The lowest BCUT2D eigenvalue weighted by atomic mass is 10.1. The minimum absolute atomic E-state index is 0.748. The first-order valence-corrected chi connectivity index (χ1v) is 10.8. The minimum Gasteiger partial charge on any atom is -0.497 e. The zero-order chi connectivity index (χ0) is 19.3. The molecule has 0 fully saturated rings. The van der Waals surface area contributed by atoms with Gasteiger partial charge in [0.15, 0.2) is 0 Å². The van der Waals surface area contributed by atoms with Crippen molar-refractivity contribution in [2.45, 2.75) is 13.0 Å². The molecule has 0 aliphatic carbocycles. The smallest absolute Gasteiger partial charge is 0.121 e. The van der Waals surface area contributed by atoms with Gasteiger partial charge in [-0.05, 0) is 54.4 Å². The molecule has 0 atom stereocenters. The molecule has 28 heavy (non-hydrogen) atoms. The maximum Gasteiger partial charge on any atom is 0.121 e. The molecule has 2 aromatic heterocycles. The summed E-state index contributed by atoms with van der Waals surface area (Å²) in [6.45, 7) is 1.65. The second-order valence-electron chi connectivity index (χ2n) is 6.48. The van der Waals surface area contributed by atoms with Gasteiger partial charge in [-0.2, -0.15) is 0 Å². The normalized spacial score (nSPS) is 11.1.